The predicted molar refractivity (Wildman–Crippen MR) is 94.6 cm³/mol. The molecule has 2 aromatic carbocycles. The van der Waals surface area contributed by atoms with Crippen LogP contribution in [0.4, 0.5) is 0 Å². The van der Waals surface area contributed by atoms with E-state index >= 15 is 0 Å². The van der Waals surface area contributed by atoms with Crippen molar-refractivity contribution < 1.29 is 4.79 Å². The molecule has 116 valence electrons. The van der Waals surface area contributed by atoms with Gasteiger partial charge in [-0.3, -0.25) is 4.79 Å². The van der Waals surface area contributed by atoms with Gasteiger partial charge in [0.15, 0.2) is 5.78 Å². The van der Waals surface area contributed by atoms with Crippen LogP contribution in [-0.2, 0) is 6.42 Å². The summed E-state index contributed by atoms with van der Waals surface area (Å²) >= 11 is 0. The van der Waals surface area contributed by atoms with Crippen LogP contribution in [0.1, 0.15) is 35.5 Å². The molecule has 1 heterocycles. The van der Waals surface area contributed by atoms with Crippen LogP contribution in [0.25, 0.3) is 11.1 Å². The van der Waals surface area contributed by atoms with Crippen molar-refractivity contribution in [1.82, 2.24) is 4.98 Å². The van der Waals surface area contributed by atoms with Gasteiger partial charge in [-0.15, -0.1) is 0 Å². The van der Waals surface area contributed by atoms with Crippen LogP contribution in [0.15, 0.2) is 66.9 Å². The maximum absolute atomic E-state index is 13.1. The molecule has 2 nitrogen and oxygen atoms in total. The van der Waals surface area contributed by atoms with Crippen molar-refractivity contribution in [2.45, 2.75) is 20.3 Å². The van der Waals surface area contributed by atoms with E-state index < -0.39 is 0 Å². The fraction of sp³-hybridized carbons (Fsp3) is 0.190. The Morgan fingerprint density at radius 2 is 1.57 bits per heavy atom. The zero-order valence-electron chi connectivity index (χ0n) is 13.5. The van der Waals surface area contributed by atoms with Crippen LogP contribution in [0.5, 0.6) is 0 Å². The van der Waals surface area contributed by atoms with Crippen LogP contribution >= 0.6 is 0 Å². The number of aromatic amines is 1. The number of benzene rings is 2. The number of carbonyl (C=O) groups excluding carboxylic acids is 1. The van der Waals surface area contributed by atoms with E-state index in [9.17, 15) is 4.79 Å². The van der Waals surface area contributed by atoms with Gasteiger partial charge in [0.05, 0.1) is 5.56 Å². The Balaban J connectivity index is 2.12. The number of hydrogen-bond acceptors (Lipinski definition) is 1. The Labute approximate surface area is 137 Å². The molecule has 23 heavy (non-hydrogen) atoms. The van der Waals surface area contributed by atoms with Gasteiger partial charge < -0.3 is 4.98 Å². The van der Waals surface area contributed by atoms with Gasteiger partial charge in [0, 0.05) is 23.0 Å². The first-order chi connectivity index (χ1) is 11.2. The quantitative estimate of drug-likeness (QED) is 0.653. The molecule has 0 amide bonds. The number of ketones is 1. The van der Waals surface area contributed by atoms with Gasteiger partial charge in [-0.1, -0.05) is 74.5 Å². The Morgan fingerprint density at radius 3 is 2.17 bits per heavy atom. The fourth-order valence-corrected chi connectivity index (χ4v) is 2.87. The first-order valence-corrected chi connectivity index (χ1v) is 8.02. The summed E-state index contributed by atoms with van der Waals surface area (Å²) in [6.07, 6.45) is 2.82. The zero-order valence-corrected chi connectivity index (χ0v) is 13.5. The molecule has 0 aliphatic heterocycles. The van der Waals surface area contributed by atoms with Gasteiger partial charge in [0.25, 0.3) is 0 Å². The highest BCUT2D eigenvalue weighted by Crippen LogP contribution is 2.29. The van der Waals surface area contributed by atoms with E-state index in [2.05, 4.69) is 18.8 Å². The average molecular weight is 303 g/mol. The minimum atomic E-state index is 0.0846. The van der Waals surface area contributed by atoms with Crippen molar-refractivity contribution in [2.75, 3.05) is 0 Å². The lowest BCUT2D eigenvalue weighted by atomic mass is 9.93. The molecule has 3 aromatic rings. The maximum Gasteiger partial charge on any atom is 0.195 e. The van der Waals surface area contributed by atoms with E-state index in [1.54, 1.807) is 0 Å². The van der Waals surface area contributed by atoms with Gasteiger partial charge in [0.1, 0.15) is 0 Å². The first-order valence-electron chi connectivity index (χ1n) is 8.02. The SMILES string of the molecule is CC(C)Cc1[nH]cc(-c2ccccc2)c1C(=O)c1ccccc1. The molecule has 0 bridgehead atoms. The standard InChI is InChI=1S/C21H21NO/c1-15(2)13-19-20(21(23)17-11-7-4-8-12-17)18(14-22-19)16-9-5-3-6-10-16/h3-12,14-15,22H,13H2,1-2H3. The zero-order chi connectivity index (χ0) is 16.2. The second kappa shape index (κ2) is 6.66. The highest BCUT2D eigenvalue weighted by Gasteiger charge is 2.21. The van der Waals surface area contributed by atoms with Gasteiger partial charge in [-0.2, -0.15) is 0 Å². The van der Waals surface area contributed by atoms with E-state index in [1.807, 2.05) is 66.9 Å². The molecule has 0 spiro atoms. The monoisotopic (exact) mass is 303 g/mol. The Kier molecular flexibility index (Phi) is 4.42. The molecular formula is C21H21NO. The van der Waals surface area contributed by atoms with Crippen molar-refractivity contribution in [1.29, 1.82) is 0 Å². The molecule has 3 rings (SSSR count). The number of aromatic nitrogens is 1. The number of H-pyrrole nitrogens is 1. The number of rotatable bonds is 5. The molecule has 1 N–H and O–H groups in total. The molecule has 1 aromatic heterocycles. The molecule has 0 saturated carbocycles. The summed E-state index contributed by atoms with van der Waals surface area (Å²) in [5.41, 5.74) is 4.60. The molecule has 0 radical (unpaired) electrons. The Hall–Kier alpha value is -2.61. The summed E-state index contributed by atoms with van der Waals surface area (Å²) in [4.78, 5) is 16.4. The van der Waals surface area contributed by atoms with E-state index in [4.69, 9.17) is 0 Å². The lowest BCUT2D eigenvalue weighted by Crippen LogP contribution is -2.07. The molecule has 2 heteroatoms. The molecule has 0 saturated heterocycles. The third-order valence-corrected chi connectivity index (χ3v) is 3.92. The summed E-state index contributed by atoms with van der Waals surface area (Å²) < 4.78 is 0. The van der Waals surface area contributed by atoms with Gasteiger partial charge in [-0.25, -0.2) is 0 Å². The van der Waals surface area contributed by atoms with Crippen molar-refractivity contribution in [3.8, 4) is 11.1 Å². The largest absolute Gasteiger partial charge is 0.364 e. The minimum absolute atomic E-state index is 0.0846. The smallest absolute Gasteiger partial charge is 0.195 e. The lowest BCUT2D eigenvalue weighted by Gasteiger charge is -2.09. The molecule has 0 fully saturated rings. The molecular weight excluding hydrogens is 282 g/mol. The molecule has 0 aliphatic carbocycles. The van der Waals surface area contributed by atoms with Crippen molar-refractivity contribution >= 4 is 5.78 Å². The second-order valence-corrected chi connectivity index (χ2v) is 6.22. The van der Waals surface area contributed by atoms with E-state index in [0.717, 1.165) is 34.4 Å². The molecule has 0 aliphatic rings. The number of hydrogen-bond donors (Lipinski definition) is 1. The molecule has 0 atom stereocenters. The topological polar surface area (TPSA) is 32.9 Å². The Morgan fingerprint density at radius 1 is 0.957 bits per heavy atom. The van der Waals surface area contributed by atoms with Crippen LogP contribution in [-0.4, -0.2) is 10.8 Å². The van der Waals surface area contributed by atoms with E-state index in [1.165, 1.54) is 0 Å². The van der Waals surface area contributed by atoms with E-state index in [-0.39, 0.29) is 5.78 Å². The number of carbonyl (C=O) groups is 1. The summed E-state index contributed by atoms with van der Waals surface area (Å²) in [5, 5.41) is 0. The average Bonchev–Trinajstić information content (AvgIpc) is 2.98. The first kappa shape index (κ1) is 15.3. The van der Waals surface area contributed by atoms with Crippen LogP contribution < -0.4 is 0 Å². The lowest BCUT2D eigenvalue weighted by molar-refractivity contribution is 0.103. The van der Waals surface area contributed by atoms with Crippen molar-refractivity contribution in [3.63, 3.8) is 0 Å². The highest BCUT2D eigenvalue weighted by molar-refractivity contribution is 6.13. The summed E-state index contributed by atoms with van der Waals surface area (Å²) in [5.74, 6) is 0.570. The normalized spacial score (nSPS) is 10.9. The van der Waals surface area contributed by atoms with Gasteiger partial charge in [0.2, 0.25) is 0 Å². The van der Waals surface area contributed by atoms with Gasteiger partial charge in [-0.05, 0) is 17.9 Å². The van der Waals surface area contributed by atoms with Crippen LogP contribution in [0, 0.1) is 5.92 Å². The summed E-state index contributed by atoms with van der Waals surface area (Å²) in [6, 6.07) is 19.6. The molecule has 0 unspecified atom stereocenters. The second-order valence-electron chi connectivity index (χ2n) is 6.22. The maximum atomic E-state index is 13.1. The predicted octanol–water partition coefficient (Wildman–Crippen LogP) is 5.11. The van der Waals surface area contributed by atoms with Gasteiger partial charge >= 0.3 is 0 Å². The van der Waals surface area contributed by atoms with Crippen molar-refractivity contribution in [3.05, 3.63) is 83.7 Å². The highest BCUT2D eigenvalue weighted by atomic mass is 16.1. The third kappa shape index (κ3) is 3.26. The van der Waals surface area contributed by atoms with Crippen LogP contribution in [0.3, 0.4) is 0 Å². The third-order valence-electron chi connectivity index (χ3n) is 3.92. The fourth-order valence-electron chi connectivity index (χ4n) is 2.87. The van der Waals surface area contributed by atoms with Crippen LogP contribution in [0.2, 0.25) is 0 Å². The Bertz CT molecular complexity index is 785. The minimum Gasteiger partial charge on any atom is -0.364 e. The summed E-state index contributed by atoms with van der Waals surface area (Å²) in [7, 11) is 0. The number of nitrogens with one attached hydrogen (secondary N) is 1. The summed E-state index contributed by atoms with van der Waals surface area (Å²) in [6.45, 7) is 4.33. The van der Waals surface area contributed by atoms with Crippen molar-refractivity contribution in [2.24, 2.45) is 5.92 Å². The van der Waals surface area contributed by atoms with E-state index in [0.29, 0.717) is 5.92 Å².